The highest BCUT2D eigenvalue weighted by atomic mass is 16.5. The molecule has 0 aromatic heterocycles. The van der Waals surface area contributed by atoms with Crippen LogP contribution in [0.25, 0.3) is 0 Å². The number of esters is 1. The van der Waals surface area contributed by atoms with Gasteiger partial charge in [-0.3, -0.25) is 0 Å². The van der Waals surface area contributed by atoms with Gasteiger partial charge in [-0.15, -0.1) is 0 Å². The highest BCUT2D eigenvalue weighted by Gasteiger charge is 2.21. The van der Waals surface area contributed by atoms with Gasteiger partial charge in [0.25, 0.3) is 0 Å². The Balaban J connectivity index is 3.23. The number of likely N-dealkylation sites (N-methyl/N-ethyl adjacent to an activating group) is 1. The van der Waals surface area contributed by atoms with Gasteiger partial charge < -0.3 is 19.5 Å². The number of nitrogens with zero attached hydrogens (tertiary/aromatic N) is 1. The van der Waals surface area contributed by atoms with Crippen LogP contribution in [-0.4, -0.2) is 32.3 Å². The molecule has 0 saturated heterocycles. The van der Waals surface area contributed by atoms with E-state index in [0.717, 1.165) is 0 Å². The van der Waals surface area contributed by atoms with Gasteiger partial charge in [-0.2, -0.15) is 0 Å². The summed E-state index contributed by atoms with van der Waals surface area (Å²) in [5, 5.41) is 9.61. The Morgan fingerprint density at radius 3 is 2.39 bits per heavy atom. The van der Waals surface area contributed by atoms with E-state index in [1.54, 1.807) is 26.3 Å². The number of methoxy groups -OCH3 is 2. The van der Waals surface area contributed by atoms with Crippen LogP contribution in [0.5, 0.6) is 5.75 Å². The number of hydrogen-bond donors (Lipinski definition) is 1. The molecule has 5 nitrogen and oxygen atoms in total. The molecule has 5 heteroatoms. The number of carbonyl (C=O) groups is 1. The van der Waals surface area contributed by atoms with Crippen molar-refractivity contribution in [2.24, 2.45) is 0 Å². The summed E-state index contributed by atoms with van der Waals surface area (Å²) in [5.74, 6) is -0.124. The zero-order valence-corrected chi connectivity index (χ0v) is 10.9. The summed E-state index contributed by atoms with van der Waals surface area (Å²) in [6, 6.07) is 7.19. The van der Waals surface area contributed by atoms with Crippen molar-refractivity contribution in [3.05, 3.63) is 35.7 Å². The number of hydrogen-bond acceptors (Lipinski definition) is 5. The van der Waals surface area contributed by atoms with E-state index in [4.69, 9.17) is 4.74 Å². The highest BCUT2D eigenvalue weighted by Crippen LogP contribution is 2.29. The van der Waals surface area contributed by atoms with Crippen molar-refractivity contribution < 1.29 is 19.4 Å². The number of aliphatic hydroxyl groups excluding tert-OH is 1. The molecule has 0 atom stereocenters. The Morgan fingerprint density at radius 2 is 1.89 bits per heavy atom. The average Bonchev–Trinajstić information content (AvgIpc) is 2.37. The van der Waals surface area contributed by atoms with Gasteiger partial charge in [-0.25, -0.2) is 4.79 Å². The molecule has 0 unspecified atom stereocenters. The second-order valence-electron chi connectivity index (χ2n) is 3.66. The molecule has 1 aromatic rings. The Hall–Kier alpha value is -2.17. The molecule has 0 radical (unpaired) electrons. The third-order valence-corrected chi connectivity index (χ3v) is 2.50. The fourth-order valence-electron chi connectivity index (χ4n) is 1.65. The topological polar surface area (TPSA) is 59.0 Å². The van der Waals surface area contributed by atoms with Gasteiger partial charge in [0.2, 0.25) is 0 Å². The largest absolute Gasteiger partial charge is 0.510 e. The first kappa shape index (κ1) is 13.9. The lowest BCUT2D eigenvalue weighted by Gasteiger charge is -2.23. The van der Waals surface area contributed by atoms with Crippen molar-refractivity contribution in [1.29, 1.82) is 0 Å². The van der Waals surface area contributed by atoms with Gasteiger partial charge in [0.15, 0.2) is 5.70 Å². The maximum Gasteiger partial charge on any atom is 0.358 e. The first-order valence-electron chi connectivity index (χ1n) is 5.37. The molecule has 1 rings (SSSR count). The van der Waals surface area contributed by atoms with Gasteiger partial charge in [0, 0.05) is 7.05 Å². The molecule has 1 aromatic carbocycles. The minimum atomic E-state index is -0.608. The minimum Gasteiger partial charge on any atom is -0.510 e. The summed E-state index contributed by atoms with van der Waals surface area (Å²) in [6.07, 6.45) is 0. The predicted molar refractivity (Wildman–Crippen MR) is 68.7 cm³/mol. The van der Waals surface area contributed by atoms with E-state index in [0.29, 0.717) is 11.4 Å². The quantitative estimate of drug-likeness (QED) is 0.504. The zero-order chi connectivity index (χ0) is 13.7. The van der Waals surface area contributed by atoms with Gasteiger partial charge in [0.1, 0.15) is 11.5 Å². The minimum absolute atomic E-state index is 0.0713. The lowest BCUT2D eigenvalue weighted by molar-refractivity contribution is -0.136. The van der Waals surface area contributed by atoms with Crippen molar-refractivity contribution >= 4 is 11.7 Å². The Bertz CT molecular complexity index is 464. The lowest BCUT2D eigenvalue weighted by Crippen LogP contribution is -2.26. The van der Waals surface area contributed by atoms with Crippen molar-refractivity contribution in [3.8, 4) is 5.75 Å². The van der Waals surface area contributed by atoms with Gasteiger partial charge in [-0.1, -0.05) is 12.1 Å². The maximum atomic E-state index is 11.6. The summed E-state index contributed by atoms with van der Waals surface area (Å²) in [6.45, 7) is 1.43. The monoisotopic (exact) mass is 251 g/mol. The normalized spacial score (nSPS) is 11.6. The smallest absolute Gasteiger partial charge is 0.358 e. The molecule has 1 N–H and O–H groups in total. The van der Waals surface area contributed by atoms with Crippen LogP contribution in [0.4, 0.5) is 5.69 Å². The van der Waals surface area contributed by atoms with E-state index >= 15 is 0 Å². The summed E-state index contributed by atoms with van der Waals surface area (Å²) >= 11 is 0. The number of allylic oxidation sites excluding steroid dienone is 1. The molecule has 0 amide bonds. The van der Waals surface area contributed by atoms with E-state index in [2.05, 4.69) is 4.74 Å². The lowest BCUT2D eigenvalue weighted by atomic mass is 10.2. The van der Waals surface area contributed by atoms with E-state index < -0.39 is 5.97 Å². The van der Waals surface area contributed by atoms with Crippen LogP contribution in [0.1, 0.15) is 6.92 Å². The fourth-order valence-corrected chi connectivity index (χ4v) is 1.65. The molecule has 98 valence electrons. The van der Waals surface area contributed by atoms with Gasteiger partial charge in [-0.05, 0) is 19.1 Å². The van der Waals surface area contributed by atoms with Crippen LogP contribution in [-0.2, 0) is 9.53 Å². The first-order valence-corrected chi connectivity index (χ1v) is 5.37. The Labute approximate surface area is 106 Å². The van der Waals surface area contributed by atoms with Crippen LogP contribution in [0.15, 0.2) is 35.7 Å². The third-order valence-electron chi connectivity index (χ3n) is 2.50. The summed E-state index contributed by atoms with van der Waals surface area (Å²) < 4.78 is 9.86. The molecule has 0 aliphatic heterocycles. The van der Waals surface area contributed by atoms with Crippen molar-refractivity contribution in [2.45, 2.75) is 6.92 Å². The summed E-state index contributed by atoms with van der Waals surface area (Å²) in [5.41, 5.74) is 0.732. The standard InChI is InChI=1S/C13H17NO4/c1-9(15)12(13(16)18-4)14(2)10-7-5-6-8-11(10)17-3/h5-8,15H,1-4H3/b12-9+. The molecule has 0 aliphatic carbocycles. The van der Waals surface area contributed by atoms with Crippen LogP contribution >= 0.6 is 0 Å². The molecule has 0 aliphatic rings. The number of rotatable bonds is 4. The maximum absolute atomic E-state index is 11.6. The van der Waals surface area contributed by atoms with Gasteiger partial charge >= 0.3 is 5.97 Å². The van der Waals surface area contributed by atoms with Gasteiger partial charge in [0.05, 0.1) is 19.9 Å². The van der Waals surface area contributed by atoms with Crippen LogP contribution in [0, 0.1) is 0 Å². The van der Waals surface area contributed by atoms with E-state index in [-0.39, 0.29) is 11.5 Å². The molecule has 0 heterocycles. The number of carbonyl (C=O) groups excluding carboxylic acids is 1. The van der Waals surface area contributed by atoms with E-state index in [1.807, 2.05) is 12.1 Å². The number of anilines is 1. The fraction of sp³-hybridized carbons (Fsp3) is 0.308. The molecule has 0 saturated carbocycles. The first-order chi connectivity index (χ1) is 8.52. The van der Waals surface area contributed by atoms with Crippen molar-refractivity contribution in [1.82, 2.24) is 0 Å². The van der Waals surface area contributed by atoms with Crippen LogP contribution < -0.4 is 9.64 Å². The van der Waals surface area contributed by atoms with Crippen molar-refractivity contribution in [2.75, 3.05) is 26.2 Å². The average molecular weight is 251 g/mol. The molecular formula is C13H17NO4. The summed E-state index contributed by atoms with van der Waals surface area (Å²) in [7, 11) is 4.46. The van der Waals surface area contributed by atoms with E-state index in [9.17, 15) is 9.90 Å². The van der Waals surface area contributed by atoms with E-state index in [1.165, 1.54) is 18.9 Å². The van der Waals surface area contributed by atoms with Crippen LogP contribution in [0.3, 0.4) is 0 Å². The van der Waals surface area contributed by atoms with Crippen molar-refractivity contribution in [3.63, 3.8) is 0 Å². The third kappa shape index (κ3) is 2.74. The molecule has 18 heavy (non-hydrogen) atoms. The predicted octanol–water partition coefficient (Wildman–Crippen LogP) is 2.09. The second-order valence-corrected chi connectivity index (χ2v) is 3.66. The molecule has 0 bridgehead atoms. The number of benzene rings is 1. The Kier molecular flexibility index (Phi) is 4.59. The SMILES string of the molecule is COC(=O)/C(=C(/C)O)N(C)c1ccccc1OC. The van der Waals surface area contributed by atoms with Crippen LogP contribution in [0.2, 0.25) is 0 Å². The zero-order valence-electron chi connectivity index (χ0n) is 10.9. The molecule has 0 spiro atoms. The highest BCUT2D eigenvalue weighted by molar-refractivity contribution is 5.93. The summed E-state index contributed by atoms with van der Waals surface area (Å²) in [4.78, 5) is 13.2. The Morgan fingerprint density at radius 1 is 1.28 bits per heavy atom. The second kappa shape index (κ2) is 5.95. The molecule has 0 fully saturated rings. The number of aliphatic hydroxyl groups is 1. The number of para-hydroxylation sites is 2. The molecular weight excluding hydrogens is 234 g/mol. The number of ether oxygens (including phenoxy) is 2.